The number of piperidine rings is 1. The fourth-order valence-corrected chi connectivity index (χ4v) is 2.32. The van der Waals surface area contributed by atoms with E-state index in [0.29, 0.717) is 12.3 Å². The van der Waals surface area contributed by atoms with Gasteiger partial charge in [-0.2, -0.15) is 11.8 Å². The number of hydrogen-bond donors (Lipinski definition) is 1. The molecular weight excluding hydrogens is 198 g/mol. The number of carboxylic acids is 1. The summed E-state index contributed by atoms with van der Waals surface area (Å²) in [5, 5.41) is 8.66. The van der Waals surface area contributed by atoms with Crippen LogP contribution >= 0.6 is 11.8 Å². The smallest absolute Gasteiger partial charge is 0.303 e. The molecule has 4 heteroatoms. The van der Waals surface area contributed by atoms with Crippen molar-refractivity contribution < 1.29 is 9.90 Å². The number of aliphatic carboxylic acids is 1. The Morgan fingerprint density at radius 2 is 2.14 bits per heavy atom. The Hall–Kier alpha value is -0.220. The minimum absolute atomic E-state index is 0.358. The third-order valence-corrected chi connectivity index (χ3v) is 3.37. The lowest BCUT2D eigenvalue weighted by atomic mass is 9.94. The van der Waals surface area contributed by atoms with E-state index in [2.05, 4.69) is 11.2 Å². The van der Waals surface area contributed by atoms with Crippen LogP contribution in [0.1, 0.15) is 19.3 Å². The molecule has 0 spiro atoms. The first-order valence-electron chi connectivity index (χ1n) is 5.15. The lowest BCUT2D eigenvalue weighted by Crippen LogP contribution is -2.35. The maximum Gasteiger partial charge on any atom is 0.303 e. The molecule has 1 heterocycles. The second-order valence-corrected chi connectivity index (χ2v) is 4.86. The van der Waals surface area contributed by atoms with Gasteiger partial charge in [0.25, 0.3) is 0 Å². The summed E-state index contributed by atoms with van der Waals surface area (Å²) >= 11 is 1.87. The highest BCUT2D eigenvalue weighted by Crippen LogP contribution is 2.20. The van der Waals surface area contributed by atoms with Crippen LogP contribution in [0, 0.1) is 5.92 Å². The largest absolute Gasteiger partial charge is 0.481 e. The molecule has 0 aromatic heterocycles. The zero-order valence-corrected chi connectivity index (χ0v) is 9.55. The standard InChI is InChI=1S/C10H19NO2S/c1-14-7-6-11-4-2-9(3-5-11)8-10(12)13/h9H,2-8H2,1H3,(H,12,13). The number of thioether (sulfide) groups is 1. The Bertz CT molecular complexity index is 179. The van der Waals surface area contributed by atoms with Gasteiger partial charge in [0.05, 0.1) is 0 Å². The van der Waals surface area contributed by atoms with Crippen LogP contribution < -0.4 is 0 Å². The summed E-state index contributed by atoms with van der Waals surface area (Å²) < 4.78 is 0. The van der Waals surface area contributed by atoms with Gasteiger partial charge in [0.15, 0.2) is 0 Å². The SMILES string of the molecule is CSCCN1CCC(CC(=O)O)CC1. The second kappa shape index (κ2) is 6.30. The molecule has 0 amide bonds. The van der Waals surface area contributed by atoms with Crippen LogP contribution in [0.3, 0.4) is 0 Å². The van der Waals surface area contributed by atoms with Gasteiger partial charge < -0.3 is 10.0 Å². The summed E-state index contributed by atoms with van der Waals surface area (Å²) in [4.78, 5) is 12.9. The van der Waals surface area contributed by atoms with Gasteiger partial charge in [-0.3, -0.25) is 4.79 Å². The van der Waals surface area contributed by atoms with Gasteiger partial charge in [-0.15, -0.1) is 0 Å². The van der Waals surface area contributed by atoms with Crippen LogP contribution in [-0.2, 0) is 4.79 Å². The predicted molar refractivity (Wildman–Crippen MR) is 59.8 cm³/mol. The minimum Gasteiger partial charge on any atom is -0.481 e. The van der Waals surface area contributed by atoms with Gasteiger partial charge in [0.2, 0.25) is 0 Å². The number of likely N-dealkylation sites (tertiary alicyclic amines) is 1. The third kappa shape index (κ3) is 4.33. The highest BCUT2D eigenvalue weighted by molar-refractivity contribution is 7.98. The Morgan fingerprint density at radius 1 is 1.50 bits per heavy atom. The minimum atomic E-state index is -0.646. The van der Waals surface area contributed by atoms with Gasteiger partial charge in [0, 0.05) is 18.7 Å². The summed E-state index contributed by atoms with van der Waals surface area (Å²) in [6, 6.07) is 0. The molecule has 1 fully saturated rings. The van der Waals surface area contributed by atoms with Crippen LogP contribution in [0.25, 0.3) is 0 Å². The average molecular weight is 217 g/mol. The van der Waals surface area contributed by atoms with E-state index in [-0.39, 0.29) is 0 Å². The molecule has 1 rings (SSSR count). The van der Waals surface area contributed by atoms with Crippen LogP contribution in [0.5, 0.6) is 0 Å². The van der Waals surface area contributed by atoms with Crippen molar-refractivity contribution in [2.75, 3.05) is 31.6 Å². The van der Waals surface area contributed by atoms with E-state index in [0.717, 1.165) is 32.5 Å². The number of hydrogen-bond acceptors (Lipinski definition) is 3. The van der Waals surface area contributed by atoms with Crippen molar-refractivity contribution in [2.24, 2.45) is 5.92 Å². The molecule has 0 radical (unpaired) electrons. The number of carbonyl (C=O) groups is 1. The summed E-state index contributed by atoms with van der Waals surface area (Å²) in [6.07, 6.45) is 4.59. The molecule has 1 aliphatic rings. The molecule has 0 bridgehead atoms. The highest BCUT2D eigenvalue weighted by atomic mass is 32.2. The second-order valence-electron chi connectivity index (χ2n) is 3.88. The fraction of sp³-hybridized carbons (Fsp3) is 0.900. The molecule has 0 aromatic carbocycles. The van der Waals surface area contributed by atoms with Crippen molar-refractivity contribution >= 4 is 17.7 Å². The van der Waals surface area contributed by atoms with E-state index < -0.39 is 5.97 Å². The maximum atomic E-state index is 10.5. The molecule has 82 valence electrons. The molecule has 1 saturated heterocycles. The Kier molecular flexibility index (Phi) is 5.33. The molecule has 0 aliphatic carbocycles. The molecule has 14 heavy (non-hydrogen) atoms. The molecule has 0 saturated carbocycles. The zero-order valence-electron chi connectivity index (χ0n) is 8.74. The predicted octanol–water partition coefficient (Wildman–Crippen LogP) is 1.54. The van der Waals surface area contributed by atoms with Crippen molar-refractivity contribution in [3.05, 3.63) is 0 Å². The van der Waals surface area contributed by atoms with E-state index in [9.17, 15) is 4.79 Å². The monoisotopic (exact) mass is 217 g/mol. The highest BCUT2D eigenvalue weighted by Gasteiger charge is 2.20. The van der Waals surface area contributed by atoms with E-state index in [1.165, 1.54) is 5.75 Å². The van der Waals surface area contributed by atoms with Crippen molar-refractivity contribution in [3.63, 3.8) is 0 Å². The maximum absolute atomic E-state index is 10.5. The van der Waals surface area contributed by atoms with Gasteiger partial charge in [-0.25, -0.2) is 0 Å². The molecule has 3 nitrogen and oxygen atoms in total. The van der Waals surface area contributed by atoms with Crippen LogP contribution in [-0.4, -0.2) is 47.6 Å². The summed E-state index contributed by atoms with van der Waals surface area (Å²) in [5.74, 6) is 0.953. The first-order valence-corrected chi connectivity index (χ1v) is 6.55. The molecule has 0 atom stereocenters. The van der Waals surface area contributed by atoms with Gasteiger partial charge >= 0.3 is 5.97 Å². The number of nitrogens with zero attached hydrogens (tertiary/aromatic N) is 1. The Balaban J connectivity index is 2.14. The van der Waals surface area contributed by atoms with Gasteiger partial charge in [-0.1, -0.05) is 0 Å². The normalized spacial score (nSPS) is 19.8. The number of carboxylic acid groups (broad SMARTS) is 1. The van der Waals surface area contributed by atoms with E-state index in [1.807, 2.05) is 11.8 Å². The van der Waals surface area contributed by atoms with Gasteiger partial charge in [-0.05, 0) is 38.1 Å². The fourth-order valence-electron chi connectivity index (χ4n) is 1.88. The summed E-state index contributed by atoms with van der Waals surface area (Å²) in [5.41, 5.74) is 0. The number of rotatable bonds is 5. The molecule has 0 aromatic rings. The van der Waals surface area contributed by atoms with E-state index in [4.69, 9.17) is 5.11 Å². The molecule has 1 N–H and O–H groups in total. The molecule has 1 aliphatic heterocycles. The van der Waals surface area contributed by atoms with Crippen molar-refractivity contribution in [1.29, 1.82) is 0 Å². The van der Waals surface area contributed by atoms with Crippen LogP contribution in [0.4, 0.5) is 0 Å². The average Bonchev–Trinajstić information content (AvgIpc) is 2.16. The molecular formula is C10H19NO2S. The van der Waals surface area contributed by atoms with Crippen molar-refractivity contribution in [1.82, 2.24) is 4.90 Å². The van der Waals surface area contributed by atoms with E-state index >= 15 is 0 Å². The van der Waals surface area contributed by atoms with Crippen LogP contribution in [0.2, 0.25) is 0 Å². The van der Waals surface area contributed by atoms with Crippen molar-refractivity contribution in [3.8, 4) is 0 Å². The van der Waals surface area contributed by atoms with Crippen molar-refractivity contribution in [2.45, 2.75) is 19.3 Å². The Morgan fingerprint density at radius 3 is 2.64 bits per heavy atom. The molecule has 0 unspecified atom stereocenters. The van der Waals surface area contributed by atoms with Gasteiger partial charge in [0.1, 0.15) is 0 Å². The lowest BCUT2D eigenvalue weighted by Gasteiger charge is -2.30. The quantitative estimate of drug-likeness (QED) is 0.758. The first kappa shape index (κ1) is 11.9. The first-order chi connectivity index (χ1) is 6.72. The van der Waals surface area contributed by atoms with Crippen LogP contribution in [0.15, 0.2) is 0 Å². The lowest BCUT2D eigenvalue weighted by molar-refractivity contribution is -0.138. The Labute approximate surface area is 89.9 Å². The topological polar surface area (TPSA) is 40.5 Å². The van der Waals surface area contributed by atoms with E-state index in [1.54, 1.807) is 0 Å². The summed E-state index contributed by atoms with van der Waals surface area (Å²) in [7, 11) is 0. The summed E-state index contributed by atoms with van der Waals surface area (Å²) in [6.45, 7) is 3.32. The zero-order chi connectivity index (χ0) is 10.4. The third-order valence-electron chi connectivity index (χ3n) is 2.78.